The first-order valence-electron chi connectivity index (χ1n) is 5.83. The molecular formula is C14H18O2Se. The van der Waals surface area contributed by atoms with Crippen LogP contribution in [0.25, 0.3) is 0 Å². The monoisotopic (exact) mass is 298 g/mol. The molecule has 0 aliphatic heterocycles. The van der Waals surface area contributed by atoms with Crippen molar-refractivity contribution < 1.29 is 9.53 Å². The Bertz CT molecular complexity index is 360. The van der Waals surface area contributed by atoms with Crippen LogP contribution >= 0.6 is 0 Å². The van der Waals surface area contributed by atoms with Crippen LogP contribution in [0.3, 0.4) is 0 Å². The molecule has 1 aromatic rings. The summed E-state index contributed by atoms with van der Waals surface area (Å²) in [7, 11) is 0. The quantitative estimate of drug-likeness (QED) is 0.458. The molecule has 0 fully saturated rings. The molecule has 0 aliphatic rings. The summed E-state index contributed by atoms with van der Waals surface area (Å²) in [5, 5.41) is 0. The number of hydrogen-bond acceptors (Lipinski definition) is 2. The molecule has 0 spiro atoms. The average molecular weight is 297 g/mol. The first kappa shape index (κ1) is 14.0. The molecule has 0 amide bonds. The third kappa shape index (κ3) is 5.71. The number of rotatable bonds is 6. The summed E-state index contributed by atoms with van der Waals surface area (Å²) in [4.78, 5) is 11.7. The molecule has 0 radical (unpaired) electrons. The van der Waals surface area contributed by atoms with Gasteiger partial charge in [0.05, 0.1) is 0 Å². The molecule has 0 saturated heterocycles. The summed E-state index contributed by atoms with van der Waals surface area (Å²) in [6.45, 7) is 4.39. The molecule has 1 unspecified atom stereocenters. The maximum absolute atomic E-state index is 11.2. The van der Waals surface area contributed by atoms with E-state index in [0.29, 0.717) is 26.4 Å². The molecule has 0 N–H and O–H groups in total. The van der Waals surface area contributed by atoms with Crippen molar-refractivity contribution in [1.82, 2.24) is 0 Å². The number of benzene rings is 1. The topological polar surface area (TPSA) is 26.3 Å². The molecule has 0 heterocycles. The molecule has 0 aromatic heterocycles. The summed E-state index contributed by atoms with van der Waals surface area (Å²) in [6.07, 6.45) is 4.58. The summed E-state index contributed by atoms with van der Waals surface area (Å²) in [5.74, 6) is -0.241. The predicted molar refractivity (Wildman–Crippen MR) is 71.6 cm³/mol. The summed E-state index contributed by atoms with van der Waals surface area (Å²) >= 11 is 0.374. The minimum absolute atomic E-state index is 0.241. The SMILES string of the molecule is CCOC(=O)C=CC(CC)[Se]c1ccccc1. The van der Waals surface area contributed by atoms with Gasteiger partial charge in [-0.1, -0.05) is 0 Å². The Balaban J connectivity index is 2.52. The third-order valence-corrected chi connectivity index (χ3v) is 4.97. The fourth-order valence-electron chi connectivity index (χ4n) is 1.31. The zero-order valence-electron chi connectivity index (χ0n) is 10.3. The first-order valence-corrected chi connectivity index (χ1v) is 7.67. The molecule has 3 heteroatoms. The Morgan fingerprint density at radius 1 is 1.35 bits per heavy atom. The van der Waals surface area contributed by atoms with Crippen LogP contribution in [0.15, 0.2) is 42.5 Å². The molecule has 0 aliphatic carbocycles. The minimum atomic E-state index is -0.241. The van der Waals surface area contributed by atoms with E-state index in [1.54, 1.807) is 6.08 Å². The zero-order valence-corrected chi connectivity index (χ0v) is 12.0. The summed E-state index contributed by atoms with van der Waals surface area (Å²) in [5.41, 5.74) is 0. The molecular weight excluding hydrogens is 279 g/mol. The van der Waals surface area contributed by atoms with E-state index in [1.807, 2.05) is 19.1 Å². The van der Waals surface area contributed by atoms with Gasteiger partial charge in [-0.05, 0) is 0 Å². The van der Waals surface area contributed by atoms with Crippen LogP contribution in [0, 0.1) is 0 Å². The van der Waals surface area contributed by atoms with E-state index < -0.39 is 0 Å². The van der Waals surface area contributed by atoms with Gasteiger partial charge >= 0.3 is 109 Å². The fourth-order valence-corrected chi connectivity index (χ4v) is 3.38. The maximum atomic E-state index is 11.2. The van der Waals surface area contributed by atoms with Gasteiger partial charge in [-0.25, -0.2) is 0 Å². The van der Waals surface area contributed by atoms with E-state index in [1.165, 1.54) is 4.46 Å². The molecule has 1 aromatic carbocycles. The van der Waals surface area contributed by atoms with Crippen LogP contribution in [0.1, 0.15) is 20.3 Å². The van der Waals surface area contributed by atoms with E-state index in [9.17, 15) is 4.79 Å². The van der Waals surface area contributed by atoms with Gasteiger partial charge in [0.25, 0.3) is 0 Å². The third-order valence-electron chi connectivity index (χ3n) is 2.17. The van der Waals surface area contributed by atoms with Crippen molar-refractivity contribution in [3.8, 4) is 0 Å². The van der Waals surface area contributed by atoms with Gasteiger partial charge in [0.1, 0.15) is 0 Å². The van der Waals surface area contributed by atoms with Crippen LogP contribution < -0.4 is 4.46 Å². The van der Waals surface area contributed by atoms with Crippen molar-refractivity contribution in [3.63, 3.8) is 0 Å². The van der Waals surface area contributed by atoms with Crippen molar-refractivity contribution in [2.45, 2.75) is 25.1 Å². The first-order chi connectivity index (χ1) is 8.26. The van der Waals surface area contributed by atoms with Crippen LogP contribution in [-0.4, -0.2) is 27.5 Å². The van der Waals surface area contributed by atoms with Gasteiger partial charge in [0, 0.05) is 0 Å². The molecule has 92 valence electrons. The number of esters is 1. The van der Waals surface area contributed by atoms with Crippen LogP contribution in [0.4, 0.5) is 0 Å². The molecule has 2 nitrogen and oxygen atoms in total. The number of allylic oxidation sites excluding steroid dienone is 1. The van der Waals surface area contributed by atoms with Crippen LogP contribution in [0.2, 0.25) is 4.82 Å². The van der Waals surface area contributed by atoms with E-state index in [-0.39, 0.29) is 5.97 Å². The number of carbonyl (C=O) groups is 1. The molecule has 1 atom stereocenters. The zero-order chi connectivity index (χ0) is 12.5. The number of ether oxygens (including phenoxy) is 1. The second kappa shape index (κ2) is 8.10. The van der Waals surface area contributed by atoms with Crippen molar-refractivity contribution in [2.24, 2.45) is 0 Å². The van der Waals surface area contributed by atoms with Gasteiger partial charge in [-0.15, -0.1) is 0 Å². The average Bonchev–Trinajstić information content (AvgIpc) is 2.36. The fraction of sp³-hybridized carbons (Fsp3) is 0.357. The summed E-state index contributed by atoms with van der Waals surface area (Å²) < 4.78 is 6.23. The Labute approximate surface area is 109 Å². The van der Waals surface area contributed by atoms with Crippen molar-refractivity contribution in [3.05, 3.63) is 42.5 Å². The number of hydrogen-bond donors (Lipinski definition) is 0. The predicted octanol–water partition coefficient (Wildman–Crippen LogP) is 2.33. The van der Waals surface area contributed by atoms with E-state index in [0.717, 1.165) is 6.42 Å². The van der Waals surface area contributed by atoms with Gasteiger partial charge in [0.15, 0.2) is 0 Å². The Morgan fingerprint density at radius 3 is 2.65 bits per heavy atom. The molecule has 0 bridgehead atoms. The molecule has 17 heavy (non-hydrogen) atoms. The Hall–Kier alpha value is -1.05. The Morgan fingerprint density at radius 2 is 2.06 bits per heavy atom. The van der Waals surface area contributed by atoms with Gasteiger partial charge in [-0.2, -0.15) is 0 Å². The second-order valence-corrected chi connectivity index (χ2v) is 6.24. The van der Waals surface area contributed by atoms with Crippen molar-refractivity contribution in [2.75, 3.05) is 6.61 Å². The van der Waals surface area contributed by atoms with Crippen molar-refractivity contribution in [1.29, 1.82) is 0 Å². The standard InChI is InChI=1S/C14H18O2Se/c1-3-12(10-11-14(15)16-4-2)17-13-8-6-5-7-9-13/h5-12H,3-4H2,1-2H3. The van der Waals surface area contributed by atoms with E-state index in [4.69, 9.17) is 4.74 Å². The normalized spacial score (nSPS) is 12.6. The molecule has 1 rings (SSSR count). The van der Waals surface area contributed by atoms with E-state index in [2.05, 4.69) is 31.2 Å². The van der Waals surface area contributed by atoms with Gasteiger partial charge < -0.3 is 0 Å². The summed E-state index contributed by atoms with van der Waals surface area (Å²) in [6, 6.07) is 10.4. The van der Waals surface area contributed by atoms with Crippen LogP contribution in [0.5, 0.6) is 0 Å². The van der Waals surface area contributed by atoms with E-state index >= 15 is 0 Å². The van der Waals surface area contributed by atoms with Crippen molar-refractivity contribution >= 4 is 25.4 Å². The number of carbonyl (C=O) groups excluding carboxylic acids is 1. The molecule has 0 saturated carbocycles. The second-order valence-electron chi connectivity index (χ2n) is 3.49. The van der Waals surface area contributed by atoms with Crippen LogP contribution in [-0.2, 0) is 9.53 Å². The van der Waals surface area contributed by atoms with Gasteiger partial charge in [-0.3, -0.25) is 0 Å². The Kier molecular flexibility index (Phi) is 6.68. The van der Waals surface area contributed by atoms with Gasteiger partial charge in [0.2, 0.25) is 0 Å².